The van der Waals surface area contributed by atoms with Gasteiger partial charge in [-0.15, -0.1) is 23.1 Å². The van der Waals surface area contributed by atoms with Crippen LogP contribution in [-0.4, -0.2) is 38.9 Å². The number of hydrogen-bond acceptors (Lipinski definition) is 5. The molecule has 0 radical (unpaired) electrons. The molecule has 2 aromatic rings. The van der Waals surface area contributed by atoms with Gasteiger partial charge in [0.15, 0.2) is 5.13 Å². The number of thiazole rings is 1. The molecule has 2 heterocycles. The lowest BCUT2D eigenvalue weighted by Crippen LogP contribution is -2.47. The van der Waals surface area contributed by atoms with Gasteiger partial charge in [-0.3, -0.25) is 9.59 Å². The van der Waals surface area contributed by atoms with E-state index in [1.165, 1.54) is 11.3 Å². The van der Waals surface area contributed by atoms with Crippen LogP contribution in [0.1, 0.15) is 18.7 Å². The van der Waals surface area contributed by atoms with Gasteiger partial charge < -0.3 is 10.2 Å². The summed E-state index contributed by atoms with van der Waals surface area (Å²) in [5.41, 5.74) is 1.91. The molecule has 7 heteroatoms. The smallest absolute Gasteiger partial charge is 0.249 e. The molecule has 126 valence electrons. The van der Waals surface area contributed by atoms with Crippen molar-refractivity contribution in [1.82, 2.24) is 9.88 Å². The Labute approximate surface area is 149 Å². The molecular weight excluding hydrogens is 342 g/mol. The predicted molar refractivity (Wildman–Crippen MR) is 99.1 cm³/mol. The van der Waals surface area contributed by atoms with Crippen molar-refractivity contribution in [3.63, 3.8) is 0 Å². The normalized spacial score (nSPS) is 19.3. The number of thioether (sulfide) groups is 1. The number of nitrogens with one attached hydrogen (secondary N) is 1. The molecule has 1 aromatic carbocycles. The summed E-state index contributed by atoms with van der Waals surface area (Å²) < 4.78 is 0. The van der Waals surface area contributed by atoms with Crippen LogP contribution in [0, 0.1) is 6.92 Å². The summed E-state index contributed by atoms with van der Waals surface area (Å²) in [6.45, 7) is 5.88. The van der Waals surface area contributed by atoms with Gasteiger partial charge in [-0.05, 0) is 20.8 Å². The maximum absolute atomic E-state index is 12.6. The van der Waals surface area contributed by atoms with E-state index >= 15 is 0 Å². The summed E-state index contributed by atoms with van der Waals surface area (Å²) in [5, 5.41) is 3.44. The van der Waals surface area contributed by atoms with E-state index in [1.807, 2.05) is 51.1 Å². The molecule has 2 amide bonds. The minimum Gasteiger partial charge on any atom is -0.318 e. The van der Waals surface area contributed by atoms with Crippen LogP contribution in [-0.2, 0) is 9.59 Å². The molecule has 24 heavy (non-hydrogen) atoms. The molecule has 1 N–H and O–H groups in total. The van der Waals surface area contributed by atoms with Crippen LogP contribution in [0.25, 0.3) is 11.3 Å². The number of carbonyl (C=O) groups is 2. The molecule has 0 aliphatic carbocycles. The Hall–Kier alpha value is -1.86. The fourth-order valence-electron chi connectivity index (χ4n) is 2.72. The highest BCUT2D eigenvalue weighted by Crippen LogP contribution is 2.38. The Balaban J connectivity index is 1.78. The van der Waals surface area contributed by atoms with Crippen molar-refractivity contribution in [1.29, 1.82) is 0 Å². The van der Waals surface area contributed by atoms with E-state index in [0.717, 1.165) is 22.5 Å². The largest absolute Gasteiger partial charge is 0.318 e. The Bertz CT molecular complexity index is 758. The van der Waals surface area contributed by atoms with Crippen molar-refractivity contribution in [2.45, 2.75) is 31.7 Å². The number of anilines is 1. The second kappa shape index (κ2) is 6.57. The number of aryl methyl sites for hydroxylation is 1. The number of aromatic nitrogens is 1. The third kappa shape index (κ3) is 3.18. The van der Waals surface area contributed by atoms with E-state index in [-0.39, 0.29) is 10.8 Å². The first-order valence-electron chi connectivity index (χ1n) is 7.64. The van der Waals surface area contributed by atoms with Crippen LogP contribution in [0.2, 0.25) is 0 Å². The van der Waals surface area contributed by atoms with Gasteiger partial charge in [-0.2, -0.15) is 0 Å². The van der Waals surface area contributed by atoms with Crippen LogP contribution in [0.4, 0.5) is 5.13 Å². The van der Waals surface area contributed by atoms with Gasteiger partial charge in [0.2, 0.25) is 12.3 Å². The molecular formula is C17H19N3O2S2. The summed E-state index contributed by atoms with van der Waals surface area (Å²) in [7, 11) is 0. The minimum absolute atomic E-state index is 0.187. The van der Waals surface area contributed by atoms with Gasteiger partial charge in [0.1, 0.15) is 6.04 Å². The number of benzene rings is 1. The van der Waals surface area contributed by atoms with Crippen LogP contribution < -0.4 is 5.32 Å². The summed E-state index contributed by atoms with van der Waals surface area (Å²) in [6, 6.07) is 9.42. The van der Waals surface area contributed by atoms with Crippen LogP contribution >= 0.6 is 23.1 Å². The number of nitrogens with zero attached hydrogens (tertiary/aromatic N) is 2. The molecule has 1 aliphatic heterocycles. The van der Waals surface area contributed by atoms with E-state index in [4.69, 9.17) is 0 Å². The van der Waals surface area contributed by atoms with Crippen LogP contribution in [0.3, 0.4) is 0 Å². The highest BCUT2D eigenvalue weighted by Gasteiger charge is 2.43. The van der Waals surface area contributed by atoms with Gasteiger partial charge in [0, 0.05) is 16.2 Å². The highest BCUT2D eigenvalue weighted by molar-refractivity contribution is 8.00. The lowest BCUT2D eigenvalue weighted by Gasteiger charge is -2.29. The second-order valence-electron chi connectivity index (χ2n) is 6.07. The molecule has 5 nitrogen and oxygen atoms in total. The van der Waals surface area contributed by atoms with E-state index in [1.54, 1.807) is 16.7 Å². The first-order valence-corrected chi connectivity index (χ1v) is 9.44. The molecule has 1 fully saturated rings. The Kier molecular flexibility index (Phi) is 4.64. The van der Waals surface area contributed by atoms with Gasteiger partial charge in [-0.25, -0.2) is 4.98 Å². The van der Waals surface area contributed by atoms with Gasteiger partial charge in [-0.1, -0.05) is 30.3 Å². The SMILES string of the molecule is Cc1sc(NC(=O)C2CSC(C)(C)N2C=O)nc1-c1ccccc1. The van der Waals surface area contributed by atoms with Crippen molar-refractivity contribution in [3.05, 3.63) is 35.2 Å². The maximum atomic E-state index is 12.6. The fourth-order valence-corrected chi connectivity index (χ4v) is 4.75. The Morgan fingerprint density at radius 1 is 1.38 bits per heavy atom. The van der Waals surface area contributed by atoms with Gasteiger partial charge in [0.25, 0.3) is 0 Å². The van der Waals surface area contributed by atoms with Crippen molar-refractivity contribution in [3.8, 4) is 11.3 Å². The molecule has 0 bridgehead atoms. The lowest BCUT2D eigenvalue weighted by molar-refractivity contribution is -0.130. The minimum atomic E-state index is -0.466. The average Bonchev–Trinajstić information content (AvgIpc) is 3.07. The third-order valence-electron chi connectivity index (χ3n) is 4.04. The Morgan fingerprint density at radius 3 is 2.75 bits per heavy atom. The summed E-state index contributed by atoms with van der Waals surface area (Å²) >= 11 is 3.05. The van der Waals surface area contributed by atoms with E-state index in [2.05, 4.69) is 10.3 Å². The second-order valence-corrected chi connectivity index (χ2v) is 8.89. The molecule has 1 unspecified atom stereocenters. The van der Waals surface area contributed by atoms with E-state index < -0.39 is 6.04 Å². The molecule has 1 aliphatic rings. The fraction of sp³-hybridized carbons (Fsp3) is 0.353. The van der Waals surface area contributed by atoms with E-state index in [9.17, 15) is 9.59 Å². The quantitative estimate of drug-likeness (QED) is 0.848. The zero-order valence-electron chi connectivity index (χ0n) is 13.8. The van der Waals surface area contributed by atoms with Crippen molar-refractivity contribution < 1.29 is 9.59 Å². The number of hydrogen-bond donors (Lipinski definition) is 1. The first-order chi connectivity index (χ1) is 11.4. The standard InChI is InChI=1S/C17H19N3O2S2/c1-11-14(12-7-5-4-6-8-12)18-16(24-11)19-15(22)13-9-23-17(2,3)20(13)10-21/h4-8,10,13H,9H2,1-3H3,(H,18,19,22). The summed E-state index contributed by atoms with van der Waals surface area (Å²) in [5.74, 6) is 0.404. The third-order valence-corrected chi connectivity index (χ3v) is 6.33. The topological polar surface area (TPSA) is 62.3 Å². The Morgan fingerprint density at radius 2 is 2.08 bits per heavy atom. The average molecular weight is 361 g/mol. The lowest BCUT2D eigenvalue weighted by atomic mass is 10.1. The van der Waals surface area contributed by atoms with Crippen molar-refractivity contribution >= 4 is 40.5 Å². The summed E-state index contributed by atoms with van der Waals surface area (Å²) in [6.07, 6.45) is 0.757. The molecule has 1 aromatic heterocycles. The van der Waals surface area contributed by atoms with Gasteiger partial charge in [0.05, 0.1) is 10.6 Å². The number of rotatable bonds is 4. The predicted octanol–water partition coefficient (Wildman–Crippen LogP) is 3.37. The monoisotopic (exact) mass is 361 g/mol. The summed E-state index contributed by atoms with van der Waals surface area (Å²) in [4.78, 5) is 30.7. The molecule has 0 spiro atoms. The van der Waals surface area contributed by atoms with Crippen LogP contribution in [0.5, 0.6) is 0 Å². The highest BCUT2D eigenvalue weighted by atomic mass is 32.2. The zero-order valence-corrected chi connectivity index (χ0v) is 15.4. The molecule has 0 saturated carbocycles. The first kappa shape index (κ1) is 17.0. The van der Waals surface area contributed by atoms with Crippen LogP contribution in [0.15, 0.2) is 30.3 Å². The van der Waals surface area contributed by atoms with E-state index in [0.29, 0.717) is 10.9 Å². The van der Waals surface area contributed by atoms with Crippen molar-refractivity contribution in [2.24, 2.45) is 0 Å². The van der Waals surface area contributed by atoms with Crippen molar-refractivity contribution in [2.75, 3.05) is 11.1 Å². The maximum Gasteiger partial charge on any atom is 0.249 e. The molecule has 3 rings (SSSR count). The number of carbonyl (C=O) groups excluding carboxylic acids is 2. The number of amides is 2. The molecule has 1 atom stereocenters. The zero-order chi connectivity index (χ0) is 17.3. The van der Waals surface area contributed by atoms with Gasteiger partial charge >= 0.3 is 0 Å². The molecule has 1 saturated heterocycles.